The number of nitrogens with zero attached hydrogens (tertiary/aromatic N) is 2. The Labute approximate surface area is 185 Å². The topological polar surface area (TPSA) is 48.9 Å². The maximum absolute atomic E-state index is 5.88. The van der Waals surface area contributed by atoms with Crippen LogP contribution in [0, 0.1) is 5.92 Å². The quantitative estimate of drug-likeness (QED) is 0.350. The summed E-state index contributed by atoms with van der Waals surface area (Å²) < 4.78 is 5.88. The standard InChI is InChI=1S/C20H34N4OS.HI/c1-4-21-19(23-15-20(2)10-7-12-25-20)22-14-16-8-5-11-24(3)18(16)17-9-6-13-26-17;/h6,9,13,16,18H,4-5,7-8,10-12,14-15H2,1-3H3,(H2,21,22,23);1H. The molecule has 7 heteroatoms. The molecular weight excluding hydrogens is 471 g/mol. The van der Waals surface area contributed by atoms with E-state index in [-0.39, 0.29) is 29.6 Å². The first-order valence-corrected chi connectivity index (χ1v) is 10.9. The van der Waals surface area contributed by atoms with Gasteiger partial charge in [-0.1, -0.05) is 6.07 Å². The molecular formula is C20H35IN4OS. The lowest BCUT2D eigenvalue weighted by molar-refractivity contribution is 0.0283. The molecule has 0 radical (unpaired) electrons. The van der Waals surface area contributed by atoms with E-state index in [2.05, 4.69) is 53.9 Å². The second kappa shape index (κ2) is 11.0. The van der Waals surface area contributed by atoms with Crippen LogP contribution in [-0.2, 0) is 4.74 Å². The molecule has 0 aliphatic carbocycles. The molecule has 3 heterocycles. The van der Waals surface area contributed by atoms with E-state index in [1.165, 1.54) is 24.3 Å². The van der Waals surface area contributed by atoms with Gasteiger partial charge < -0.3 is 15.4 Å². The van der Waals surface area contributed by atoms with Gasteiger partial charge in [0.2, 0.25) is 0 Å². The molecule has 5 nitrogen and oxygen atoms in total. The van der Waals surface area contributed by atoms with Crippen LogP contribution in [0.2, 0.25) is 0 Å². The van der Waals surface area contributed by atoms with Crippen LogP contribution >= 0.6 is 35.3 Å². The fourth-order valence-corrected chi connectivity index (χ4v) is 5.14. The van der Waals surface area contributed by atoms with E-state index in [0.29, 0.717) is 12.0 Å². The van der Waals surface area contributed by atoms with E-state index in [4.69, 9.17) is 9.73 Å². The SMILES string of the molecule is CCNC(=NCC1(C)CCCO1)NCC1CCCN(C)C1c1cccs1.I. The monoisotopic (exact) mass is 506 g/mol. The highest BCUT2D eigenvalue weighted by Gasteiger charge is 2.32. The first-order chi connectivity index (χ1) is 12.6. The largest absolute Gasteiger partial charge is 0.373 e. The predicted molar refractivity (Wildman–Crippen MR) is 125 cm³/mol. The molecule has 3 unspecified atom stereocenters. The highest BCUT2D eigenvalue weighted by molar-refractivity contribution is 14.0. The minimum absolute atomic E-state index is 0. The number of nitrogens with one attached hydrogen (secondary N) is 2. The Morgan fingerprint density at radius 1 is 1.41 bits per heavy atom. The maximum Gasteiger partial charge on any atom is 0.191 e. The summed E-state index contributed by atoms with van der Waals surface area (Å²) in [6, 6.07) is 4.96. The maximum atomic E-state index is 5.88. The zero-order valence-corrected chi connectivity index (χ0v) is 20.0. The zero-order chi connectivity index (χ0) is 18.4. The van der Waals surface area contributed by atoms with Crippen LogP contribution in [0.25, 0.3) is 0 Å². The molecule has 0 bridgehead atoms. The first kappa shape index (κ1) is 22.9. The summed E-state index contributed by atoms with van der Waals surface area (Å²) in [5, 5.41) is 9.19. The normalized spacial score (nSPS) is 29.4. The van der Waals surface area contributed by atoms with Gasteiger partial charge in [-0.25, -0.2) is 0 Å². The molecule has 3 atom stereocenters. The number of thiophene rings is 1. The van der Waals surface area contributed by atoms with Crippen molar-refractivity contribution in [1.82, 2.24) is 15.5 Å². The van der Waals surface area contributed by atoms with Gasteiger partial charge in [0.05, 0.1) is 12.1 Å². The van der Waals surface area contributed by atoms with Crippen LogP contribution in [0.15, 0.2) is 22.5 Å². The van der Waals surface area contributed by atoms with Gasteiger partial charge in [0.25, 0.3) is 0 Å². The van der Waals surface area contributed by atoms with Gasteiger partial charge in [0.15, 0.2) is 5.96 Å². The van der Waals surface area contributed by atoms with Crippen molar-refractivity contribution in [3.8, 4) is 0 Å². The van der Waals surface area contributed by atoms with E-state index in [1.54, 1.807) is 0 Å². The Bertz CT molecular complexity index is 575. The molecule has 2 N–H and O–H groups in total. The van der Waals surface area contributed by atoms with E-state index in [1.807, 2.05) is 11.3 Å². The van der Waals surface area contributed by atoms with Gasteiger partial charge in [-0.05, 0) is 70.5 Å². The summed E-state index contributed by atoms with van der Waals surface area (Å²) in [6.45, 7) is 8.90. The molecule has 0 amide bonds. The Kier molecular flexibility index (Phi) is 9.31. The van der Waals surface area contributed by atoms with E-state index >= 15 is 0 Å². The van der Waals surface area contributed by atoms with Gasteiger partial charge in [-0.3, -0.25) is 9.89 Å². The van der Waals surface area contributed by atoms with Crippen molar-refractivity contribution in [3.05, 3.63) is 22.4 Å². The molecule has 3 rings (SSSR count). The number of piperidine rings is 1. The third kappa shape index (κ3) is 6.30. The molecule has 2 aliphatic rings. The van der Waals surface area contributed by atoms with Crippen molar-refractivity contribution < 1.29 is 4.74 Å². The number of guanidine groups is 1. The van der Waals surface area contributed by atoms with Crippen molar-refractivity contribution in [1.29, 1.82) is 0 Å². The van der Waals surface area contributed by atoms with Crippen LogP contribution in [-0.4, -0.2) is 56.3 Å². The Hall–Kier alpha value is -0.380. The molecule has 0 spiro atoms. The third-order valence-corrected chi connectivity index (χ3v) is 6.53. The molecule has 27 heavy (non-hydrogen) atoms. The number of hydrogen-bond acceptors (Lipinski definition) is 4. The number of rotatable bonds is 6. The Morgan fingerprint density at radius 3 is 2.93 bits per heavy atom. The summed E-state index contributed by atoms with van der Waals surface area (Å²) in [7, 11) is 2.26. The van der Waals surface area contributed by atoms with Crippen molar-refractivity contribution in [2.24, 2.45) is 10.9 Å². The van der Waals surface area contributed by atoms with Gasteiger partial charge in [-0.2, -0.15) is 0 Å². The van der Waals surface area contributed by atoms with Crippen molar-refractivity contribution in [2.75, 3.05) is 39.8 Å². The number of halogens is 1. The van der Waals surface area contributed by atoms with Crippen molar-refractivity contribution in [3.63, 3.8) is 0 Å². The lowest BCUT2D eigenvalue weighted by Gasteiger charge is -2.39. The van der Waals surface area contributed by atoms with Crippen LogP contribution < -0.4 is 10.6 Å². The fraction of sp³-hybridized carbons (Fsp3) is 0.750. The van der Waals surface area contributed by atoms with E-state index < -0.39 is 0 Å². The molecule has 2 saturated heterocycles. The molecule has 2 aliphatic heterocycles. The van der Waals surface area contributed by atoms with Crippen LogP contribution in [0.3, 0.4) is 0 Å². The molecule has 2 fully saturated rings. The van der Waals surface area contributed by atoms with E-state index in [0.717, 1.165) is 45.0 Å². The number of aliphatic imine (C=N–C) groups is 1. The fourth-order valence-electron chi connectivity index (χ4n) is 4.16. The average Bonchev–Trinajstić information content (AvgIpc) is 3.30. The summed E-state index contributed by atoms with van der Waals surface area (Å²) >= 11 is 1.88. The number of likely N-dealkylation sites (tertiary alicyclic amines) is 1. The zero-order valence-electron chi connectivity index (χ0n) is 16.9. The van der Waals surface area contributed by atoms with Gasteiger partial charge in [0.1, 0.15) is 0 Å². The lowest BCUT2D eigenvalue weighted by Crippen LogP contribution is -2.45. The number of hydrogen-bond donors (Lipinski definition) is 2. The van der Waals surface area contributed by atoms with Crippen LogP contribution in [0.1, 0.15) is 50.4 Å². The predicted octanol–water partition coefficient (Wildman–Crippen LogP) is 3.87. The molecule has 1 aromatic heterocycles. The summed E-state index contributed by atoms with van der Waals surface area (Å²) in [6.07, 6.45) is 4.78. The lowest BCUT2D eigenvalue weighted by atomic mass is 9.88. The van der Waals surface area contributed by atoms with Crippen LogP contribution in [0.4, 0.5) is 0 Å². The summed E-state index contributed by atoms with van der Waals surface area (Å²) in [4.78, 5) is 8.81. The number of ether oxygens (including phenoxy) is 1. The molecule has 0 aromatic carbocycles. The minimum Gasteiger partial charge on any atom is -0.373 e. The Morgan fingerprint density at radius 2 is 2.26 bits per heavy atom. The third-order valence-electron chi connectivity index (χ3n) is 5.59. The van der Waals surface area contributed by atoms with Crippen molar-refractivity contribution >= 4 is 41.3 Å². The summed E-state index contributed by atoms with van der Waals surface area (Å²) in [5.41, 5.74) is -0.0904. The highest BCUT2D eigenvalue weighted by atomic mass is 127. The van der Waals surface area contributed by atoms with Gasteiger partial charge >= 0.3 is 0 Å². The molecule has 0 saturated carbocycles. The van der Waals surface area contributed by atoms with Crippen molar-refractivity contribution in [2.45, 2.75) is 51.2 Å². The smallest absolute Gasteiger partial charge is 0.191 e. The second-order valence-electron chi connectivity index (χ2n) is 7.82. The highest BCUT2D eigenvalue weighted by Crippen LogP contribution is 2.36. The average molecular weight is 506 g/mol. The molecule has 1 aromatic rings. The molecule has 154 valence electrons. The minimum atomic E-state index is -0.0904. The summed E-state index contributed by atoms with van der Waals surface area (Å²) in [5.74, 6) is 1.52. The first-order valence-electron chi connectivity index (χ1n) is 10.0. The van der Waals surface area contributed by atoms with E-state index in [9.17, 15) is 0 Å². The Balaban J connectivity index is 0.00000261. The van der Waals surface area contributed by atoms with Gasteiger partial charge in [0, 0.05) is 30.6 Å². The van der Waals surface area contributed by atoms with Gasteiger partial charge in [-0.15, -0.1) is 35.3 Å². The van der Waals surface area contributed by atoms with Crippen LogP contribution in [0.5, 0.6) is 0 Å². The second-order valence-corrected chi connectivity index (χ2v) is 8.80.